The lowest BCUT2D eigenvalue weighted by Crippen LogP contribution is -2.29. The van der Waals surface area contributed by atoms with Crippen molar-refractivity contribution in [3.8, 4) is 0 Å². The van der Waals surface area contributed by atoms with Crippen molar-refractivity contribution in [1.29, 1.82) is 0 Å². The molecule has 0 bridgehead atoms. The van der Waals surface area contributed by atoms with Crippen LogP contribution in [0.5, 0.6) is 0 Å². The third-order valence-electron chi connectivity index (χ3n) is 2.78. The molecule has 0 saturated heterocycles. The highest BCUT2D eigenvalue weighted by Gasteiger charge is 2.23. The highest BCUT2D eigenvalue weighted by molar-refractivity contribution is 7.89. The molecule has 7 heteroatoms. The van der Waals surface area contributed by atoms with Crippen molar-refractivity contribution >= 4 is 21.6 Å². The maximum absolute atomic E-state index is 12.3. The highest BCUT2D eigenvalue weighted by atomic mass is 35.5. The lowest BCUT2D eigenvalue weighted by Gasteiger charge is -2.19. The Morgan fingerprint density at radius 1 is 1.47 bits per heavy atom. The van der Waals surface area contributed by atoms with Crippen molar-refractivity contribution in [3.05, 3.63) is 28.8 Å². The van der Waals surface area contributed by atoms with Gasteiger partial charge in [0.25, 0.3) is 0 Å². The Balaban J connectivity index is 2.99. The van der Waals surface area contributed by atoms with Gasteiger partial charge in [-0.05, 0) is 31.0 Å². The van der Waals surface area contributed by atoms with Crippen molar-refractivity contribution in [3.63, 3.8) is 0 Å². The van der Waals surface area contributed by atoms with E-state index in [0.717, 1.165) is 5.56 Å². The topological polar surface area (TPSA) is 83.6 Å². The quantitative estimate of drug-likeness (QED) is 0.827. The van der Waals surface area contributed by atoms with Gasteiger partial charge in [0.15, 0.2) is 0 Å². The molecule has 19 heavy (non-hydrogen) atoms. The van der Waals surface area contributed by atoms with Crippen LogP contribution in [-0.4, -0.2) is 37.5 Å². The molecule has 0 aromatic heterocycles. The molecule has 1 atom stereocenters. The molecule has 0 fully saturated rings. The van der Waals surface area contributed by atoms with E-state index in [2.05, 4.69) is 0 Å². The first-order chi connectivity index (χ1) is 8.78. The van der Waals surface area contributed by atoms with Gasteiger partial charge in [0.1, 0.15) is 4.90 Å². The zero-order valence-electron chi connectivity index (χ0n) is 11.0. The van der Waals surface area contributed by atoms with Crippen LogP contribution >= 0.6 is 11.6 Å². The van der Waals surface area contributed by atoms with Crippen molar-refractivity contribution in [2.45, 2.75) is 30.9 Å². The van der Waals surface area contributed by atoms with E-state index in [1.165, 1.54) is 17.4 Å². The van der Waals surface area contributed by atoms with Crippen LogP contribution in [0.4, 0.5) is 0 Å². The van der Waals surface area contributed by atoms with E-state index in [1.807, 2.05) is 0 Å². The van der Waals surface area contributed by atoms with Gasteiger partial charge in [0, 0.05) is 20.1 Å². The lowest BCUT2D eigenvalue weighted by atomic mass is 10.2. The average Bonchev–Trinajstić information content (AvgIpc) is 2.35. The van der Waals surface area contributed by atoms with E-state index in [9.17, 15) is 13.5 Å². The first kappa shape index (κ1) is 16.4. The van der Waals surface area contributed by atoms with Gasteiger partial charge in [0.05, 0.1) is 11.1 Å². The van der Waals surface area contributed by atoms with Crippen molar-refractivity contribution in [2.75, 3.05) is 13.6 Å². The van der Waals surface area contributed by atoms with Gasteiger partial charge in [-0.15, -0.1) is 0 Å². The van der Waals surface area contributed by atoms with Crippen LogP contribution in [0.15, 0.2) is 23.1 Å². The Hall–Kier alpha value is -0.660. The van der Waals surface area contributed by atoms with E-state index < -0.39 is 16.1 Å². The summed E-state index contributed by atoms with van der Waals surface area (Å²) in [5.41, 5.74) is 6.25. The number of aliphatic hydroxyl groups is 1. The zero-order chi connectivity index (χ0) is 14.6. The summed E-state index contributed by atoms with van der Waals surface area (Å²) < 4.78 is 25.8. The van der Waals surface area contributed by atoms with E-state index in [-0.39, 0.29) is 16.5 Å². The first-order valence-corrected chi connectivity index (χ1v) is 7.73. The summed E-state index contributed by atoms with van der Waals surface area (Å²) in [6, 6.07) is 4.65. The predicted molar refractivity (Wildman–Crippen MR) is 75.5 cm³/mol. The molecule has 1 unspecified atom stereocenters. The minimum Gasteiger partial charge on any atom is -0.393 e. The molecule has 0 saturated carbocycles. The normalized spacial score (nSPS) is 13.8. The van der Waals surface area contributed by atoms with Crippen LogP contribution < -0.4 is 5.73 Å². The molecular formula is C12H19ClN2O3S. The average molecular weight is 307 g/mol. The van der Waals surface area contributed by atoms with Crippen molar-refractivity contribution in [2.24, 2.45) is 5.73 Å². The fourth-order valence-corrected chi connectivity index (χ4v) is 3.26. The van der Waals surface area contributed by atoms with Gasteiger partial charge < -0.3 is 10.8 Å². The SMILES string of the molecule is CC(O)CCN(C)S(=O)(=O)c1ccc(CN)cc1Cl. The minimum absolute atomic E-state index is 0.0551. The minimum atomic E-state index is -3.64. The molecule has 1 aromatic carbocycles. The number of hydrogen-bond acceptors (Lipinski definition) is 4. The van der Waals surface area contributed by atoms with E-state index in [4.69, 9.17) is 17.3 Å². The van der Waals surface area contributed by atoms with E-state index in [1.54, 1.807) is 19.1 Å². The standard InChI is InChI=1S/C12H19ClN2O3S/c1-9(16)5-6-15(2)19(17,18)12-4-3-10(8-14)7-11(12)13/h3-4,7,9,16H,5-6,8,14H2,1-2H3. The molecule has 0 amide bonds. The highest BCUT2D eigenvalue weighted by Crippen LogP contribution is 2.25. The summed E-state index contributed by atoms with van der Waals surface area (Å²) in [6.45, 7) is 2.15. The Morgan fingerprint density at radius 3 is 2.58 bits per heavy atom. The van der Waals surface area contributed by atoms with Crippen LogP contribution in [0.1, 0.15) is 18.9 Å². The number of nitrogens with two attached hydrogens (primary N) is 1. The molecule has 0 heterocycles. The molecule has 0 aliphatic carbocycles. The molecule has 3 N–H and O–H groups in total. The second-order valence-corrected chi connectivity index (χ2v) is 6.85. The second-order valence-electron chi connectivity index (χ2n) is 4.43. The third-order valence-corrected chi connectivity index (χ3v) is 5.12. The molecular weight excluding hydrogens is 288 g/mol. The predicted octanol–water partition coefficient (Wildman–Crippen LogP) is 1.19. The molecule has 1 rings (SSSR count). The Bertz CT molecular complexity index is 532. The van der Waals surface area contributed by atoms with Crippen LogP contribution in [0.25, 0.3) is 0 Å². The van der Waals surface area contributed by atoms with Gasteiger partial charge in [0.2, 0.25) is 10.0 Å². The van der Waals surface area contributed by atoms with Crippen LogP contribution in [0, 0.1) is 0 Å². The fraction of sp³-hybridized carbons (Fsp3) is 0.500. The summed E-state index contributed by atoms with van der Waals surface area (Å²) in [6.07, 6.45) is -0.179. The molecule has 108 valence electrons. The maximum atomic E-state index is 12.3. The number of nitrogens with zero attached hydrogens (tertiary/aromatic N) is 1. The third kappa shape index (κ3) is 4.15. The Labute approximate surface area is 119 Å². The van der Waals surface area contributed by atoms with Gasteiger partial charge in [-0.25, -0.2) is 12.7 Å². The summed E-state index contributed by atoms with van der Waals surface area (Å²) in [5.74, 6) is 0. The number of benzene rings is 1. The number of aliphatic hydroxyl groups excluding tert-OH is 1. The molecule has 0 spiro atoms. The summed E-state index contributed by atoms with van der Waals surface area (Å²) in [5, 5.41) is 9.36. The summed E-state index contributed by atoms with van der Waals surface area (Å²) >= 11 is 5.99. The molecule has 0 aliphatic rings. The lowest BCUT2D eigenvalue weighted by molar-refractivity contribution is 0.177. The Morgan fingerprint density at radius 2 is 2.11 bits per heavy atom. The molecule has 5 nitrogen and oxygen atoms in total. The number of sulfonamides is 1. The van der Waals surface area contributed by atoms with Gasteiger partial charge >= 0.3 is 0 Å². The zero-order valence-corrected chi connectivity index (χ0v) is 12.6. The van der Waals surface area contributed by atoms with Gasteiger partial charge in [-0.3, -0.25) is 0 Å². The summed E-state index contributed by atoms with van der Waals surface area (Å²) in [4.78, 5) is 0.0551. The smallest absolute Gasteiger partial charge is 0.244 e. The van der Waals surface area contributed by atoms with Crippen LogP contribution in [-0.2, 0) is 16.6 Å². The number of halogens is 1. The maximum Gasteiger partial charge on any atom is 0.244 e. The van der Waals surface area contributed by atoms with Gasteiger partial charge in [-0.1, -0.05) is 17.7 Å². The van der Waals surface area contributed by atoms with Crippen molar-refractivity contribution in [1.82, 2.24) is 4.31 Å². The largest absolute Gasteiger partial charge is 0.393 e. The van der Waals surface area contributed by atoms with Crippen LogP contribution in [0.2, 0.25) is 5.02 Å². The summed E-state index contributed by atoms with van der Waals surface area (Å²) in [7, 11) is -2.18. The molecule has 1 aromatic rings. The molecule has 0 aliphatic heterocycles. The van der Waals surface area contributed by atoms with E-state index in [0.29, 0.717) is 13.0 Å². The fourth-order valence-electron chi connectivity index (χ4n) is 1.54. The van der Waals surface area contributed by atoms with Crippen molar-refractivity contribution < 1.29 is 13.5 Å². The van der Waals surface area contributed by atoms with E-state index >= 15 is 0 Å². The molecule has 0 radical (unpaired) electrons. The number of hydrogen-bond donors (Lipinski definition) is 2. The Kier molecular flexibility index (Phi) is 5.76. The van der Waals surface area contributed by atoms with Gasteiger partial charge in [-0.2, -0.15) is 0 Å². The first-order valence-electron chi connectivity index (χ1n) is 5.92. The second kappa shape index (κ2) is 6.67. The van der Waals surface area contributed by atoms with Crippen LogP contribution in [0.3, 0.4) is 0 Å². The monoisotopic (exact) mass is 306 g/mol. The number of rotatable bonds is 6.